The molecule has 0 bridgehead atoms. The summed E-state index contributed by atoms with van der Waals surface area (Å²) in [6.07, 6.45) is 7.38. The highest BCUT2D eigenvalue weighted by Gasteiger charge is 2.31. The number of nitrogens with zero attached hydrogens (tertiary/aromatic N) is 2. The van der Waals surface area contributed by atoms with Gasteiger partial charge in [0.15, 0.2) is 11.5 Å². The van der Waals surface area contributed by atoms with Crippen LogP contribution in [0.25, 0.3) is 0 Å². The topological polar surface area (TPSA) is 105 Å². The molecule has 2 aromatic carbocycles. The molecule has 10 heteroatoms. The Balaban J connectivity index is 1.49. The summed E-state index contributed by atoms with van der Waals surface area (Å²) in [6, 6.07) is 12.5. The van der Waals surface area contributed by atoms with E-state index in [1.807, 2.05) is 38.1 Å². The minimum atomic E-state index is -3.62. The van der Waals surface area contributed by atoms with Crippen molar-refractivity contribution in [3.05, 3.63) is 53.6 Å². The second-order valence-electron chi connectivity index (χ2n) is 11.0. The maximum Gasteiger partial charge on any atom is 0.243 e. The maximum absolute atomic E-state index is 13.8. The molecule has 1 N–H and O–H groups in total. The Morgan fingerprint density at radius 3 is 2.41 bits per heavy atom. The quantitative estimate of drug-likeness (QED) is 0.391. The Morgan fingerprint density at radius 2 is 1.73 bits per heavy atom. The number of nitrogens with one attached hydrogen (secondary N) is 1. The number of anilines is 1. The molecule has 224 valence electrons. The number of carbonyl (C=O) groups excluding carboxylic acids is 2. The monoisotopic (exact) mass is 585 g/mol. The minimum Gasteiger partial charge on any atom is -0.486 e. The SMILES string of the molecule is CC[C@@H](C(=O)NC1CCCCC1)N(Cc1ccccc1C)C(=O)CCCN(c1ccc2c(c1)OCCO2)S(C)(=O)=O. The Kier molecular flexibility index (Phi) is 10.5. The van der Waals surface area contributed by atoms with Crippen molar-refractivity contribution in [1.29, 1.82) is 0 Å². The van der Waals surface area contributed by atoms with Crippen LogP contribution in [0.4, 0.5) is 5.69 Å². The van der Waals surface area contributed by atoms with Gasteiger partial charge in [-0.1, -0.05) is 50.5 Å². The molecule has 0 aromatic heterocycles. The molecule has 0 spiro atoms. The van der Waals surface area contributed by atoms with E-state index in [9.17, 15) is 18.0 Å². The van der Waals surface area contributed by atoms with Gasteiger partial charge in [0, 0.05) is 31.6 Å². The lowest BCUT2D eigenvalue weighted by Gasteiger charge is -2.33. The molecule has 0 saturated heterocycles. The van der Waals surface area contributed by atoms with Crippen molar-refractivity contribution in [2.75, 3.05) is 30.3 Å². The van der Waals surface area contributed by atoms with Crippen LogP contribution in [-0.4, -0.2) is 63.2 Å². The number of hydrogen-bond acceptors (Lipinski definition) is 6. The highest BCUT2D eigenvalue weighted by Crippen LogP contribution is 2.35. The van der Waals surface area contributed by atoms with Gasteiger partial charge in [0.25, 0.3) is 0 Å². The summed E-state index contributed by atoms with van der Waals surface area (Å²) in [5.74, 6) is 0.787. The average Bonchev–Trinajstić information content (AvgIpc) is 2.95. The lowest BCUT2D eigenvalue weighted by molar-refractivity contribution is -0.141. The van der Waals surface area contributed by atoms with E-state index in [0.717, 1.165) is 43.1 Å². The van der Waals surface area contributed by atoms with Crippen LogP contribution in [-0.2, 0) is 26.2 Å². The van der Waals surface area contributed by atoms with Crippen molar-refractivity contribution in [3.63, 3.8) is 0 Å². The number of fused-ring (bicyclic) bond motifs is 1. The first kappa shape index (κ1) is 30.7. The minimum absolute atomic E-state index is 0.107. The molecule has 1 aliphatic heterocycles. The van der Waals surface area contributed by atoms with E-state index in [4.69, 9.17) is 9.47 Å². The predicted octanol–water partition coefficient (Wildman–Crippen LogP) is 4.57. The van der Waals surface area contributed by atoms with Crippen LogP contribution in [0, 0.1) is 6.92 Å². The van der Waals surface area contributed by atoms with Crippen molar-refractivity contribution in [1.82, 2.24) is 10.2 Å². The molecule has 4 rings (SSSR count). The molecule has 9 nitrogen and oxygen atoms in total. The Bertz CT molecular complexity index is 1310. The number of ether oxygens (including phenoxy) is 2. The highest BCUT2D eigenvalue weighted by molar-refractivity contribution is 7.92. The van der Waals surface area contributed by atoms with Crippen molar-refractivity contribution in [2.45, 2.75) is 83.8 Å². The summed E-state index contributed by atoms with van der Waals surface area (Å²) in [5, 5.41) is 3.20. The molecule has 2 aromatic rings. The van der Waals surface area contributed by atoms with Crippen LogP contribution < -0.4 is 19.1 Å². The van der Waals surface area contributed by atoms with Crippen LogP contribution in [0.15, 0.2) is 42.5 Å². The van der Waals surface area contributed by atoms with Gasteiger partial charge in [-0.15, -0.1) is 0 Å². The first-order valence-electron chi connectivity index (χ1n) is 14.7. The van der Waals surface area contributed by atoms with E-state index in [1.54, 1.807) is 23.1 Å². The Morgan fingerprint density at radius 1 is 1.02 bits per heavy atom. The molecule has 1 heterocycles. The number of sulfonamides is 1. The number of carbonyl (C=O) groups is 2. The van der Waals surface area contributed by atoms with Gasteiger partial charge in [-0.2, -0.15) is 0 Å². The fourth-order valence-corrected chi connectivity index (χ4v) is 6.58. The number of amides is 2. The zero-order valence-corrected chi connectivity index (χ0v) is 25.3. The van der Waals surface area contributed by atoms with Crippen molar-refractivity contribution in [2.24, 2.45) is 0 Å². The van der Waals surface area contributed by atoms with Crippen molar-refractivity contribution < 1.29 is 27.5 Å². The Hall–Kier alpha value is -3.27. The smallest absolute Gasteiger partial charge is 0.243 e. The number of aryl methyl sites for hydroxylation is 1. The molecule has 2 aliphatic rings. The van der Waals surface area contributed by atoms with Gasteiger partial charge in [0.2, 0.25) is 21.8 Å². The molecule has 1 atom stereocenters. The molecule has 2 amide bonds. The van der Waals surface area contributed by atoms with E-state index in [2.05, 4.69) is 5.32 Å². The Labute approximate surface area is 244 Å². The lowest BCUT2D eigenvalue weighted by atomic mass is 9.95. The fourth-order valence-electron chi connectivity index (χ4n) is 5.63. The van der Waals surface area contributed by atoms with Gasteiger partial charge < -0.3 is 19.7 Å². The van der Waals surface area contributed by atoms with E-state index < -0.39 is 16.1 Å². The third-order valence-electron chi connectivity index (χ3n) is 7.91. The second-order valence-corrected chi connectivity index (χ2v) is 12.9. The molecule has 0 radical (unpaired) electrons. The van der Waals surface area contributed by atoms with Crippen LogP contribution in [0.1, 0.15) is 69.4 Å². The normalized spacial score (nSPS) is 16.1. The maximum atomic E-state index is 13.8. The van der Waals surface area contributed by atoms with E-state index in [1.165, 1.54) is 10.7 Å². The van der Waals surface area contributed by atoms with Crippen LogP contribution in [0.3, 0.4) is 0 Å². The van der Waals surface area contributed by atoms with Crippen LogP contribution >= 0.6 is 0 Å². The van der Waals surface area contributed by atoms with E-state index in [0.29, 0.717) is 49.8 Å². The highest BCUT2D eigenvalue weighted by atomic mass is 32.2. The predicted molar refractivity (Wildman–Crippen MR) is 160 cm³/mol. The first-order chi connectivity index (χ1) is 19.7. The van der Waals surface area contributed by atoms with Gasteiger partial charge in [-0.3, -0.25) is 13.9 Å². The zero-order valence-electron chi connectivity index (χ0n) is 24.4. The van der Waals surface area contributed by atoms with Crippen LogP contribution in [0.5, 0.6) is 11.5 Å². The number of benzene rings is 2. The summed E-state index contributed by atoms with van der Waals surface area (Å²) in [5.41, 5.74) is 2.49. The molecule has 0 unspecified atom stereocenters. The number of hydrogen-bond donors (Lipinski definition) is 1. The second kappa shape index (κ2) is 14.1. The standard InChI is InChI=1S/C31H43N3O6S/c1-4-27(31(36)32-25-13-6-5-7-14-25)33(22-24-12-9-8-11-23(24)2)30(35)15-10-18-34(41(3,37)38)26-16-17-28-29(21-26)40-20-19-39-28/h8-9,11-12,16-17,21,25,27H,4-7,10,13-15,18-20,22H2,1-3H3,(H,32,36)/t27-/m0/s1. The molecule has 1 fully saturated rings. The van der Waals surface area contributed by atoms with Crippen LogP contribution in [0.2, 0.25) is 0 Å². The number of rotatable bonds is 12. The van der Waals surface area contributed by atoms with Gasteiger partial charge in [-0.25, -0.2) is 8.42 Å². The fraction of sp³-hybridized carbons (Fsp3) is 0.548. The summed E-state index contributed by atoms with van der Waals surface area (Å²) in [7, 11) is -3.62. The van der Waals surface area contributed by atoms with Gasteiger partial charge in [0.05, 0.1) is 11.9 Å². The van der Waals surface area contributed by atoms with Gasteiger partial charge in [0.1, 0.15) is 19.3 Å². The lowest BCUT2D eigenvalue weighted by Crippen LogP contribution is -2.51. The van der Waals surface area contributed by atoms with Gasteiger partial charge in [-0.05, 0) is 55.9 Å². The summed E-state index contributed by atoms with van der Waals surface area (Å²) in [6.45, 7) is 5.20. The van der Waals surface area contributed by atoms with Crippen molar-refractivity contribution in [3.8, 4) is 11.5 Å². The summed E-state index contributed by atoms with van der Waals surface area (Å²) in [4.78, 5) is 28.9. The average molecular weight is 586 g/mol. The first-order valence-corrected chi connectivity index (χ1v) is 16.5. The molecule has 1 aliphatic carbocycles. The largest absolute Gasteiger partial charge is 0.486 e. The van der Waals surface area contributed by atoms with E-state index in [-0.39, 0.29) is 30.8 Å². The van der Waals surface area contributed by atoms with Gasteiger partial charge >= 0.3 is 0 Å². The molecular weight excluding hydrogens is 542 g/mol. The van der Waals surface area contributed by atoms with Crippen molar-refractivity contribution >= 4 is 27.5 Å². The third kappa shape index (κ3) is 8.15. The summed E-state index contributed by atoms with van der Waals surface area (Å²) >= 11 is 0. The zero-order chi connectivity index (χ0) is 29.4. The third-order valence-corrected chi connectivity index (χ3v) is 9.10. The molecule has 1 saturated carbocycles. The summed E-state index contributed by atoms with van der Waals surface area (Å²) < 4.78 is 37.9. The van der Waals surface area contributed by atoms with E-state index >= 15 is 0 Å². The molecular formula is C31H43N3O6S. The molecule has 41 heavy (non-hydrogen) atoms.